The van der Waals surface area contributed by atoms with E-state index in [-0.39, 0.29) is 11.6 Å². The summed E-state index contributed by atoms with van der Waals surface area (Å²) in [4.78, 5) is 0. The van der Waals surface area contributed by atoms with Crippen molar-refractivity contribution in [2.24, 2.45) is 0 Å². The number of hydrogen-bond donors (Lipinski definition) is 0. The molecule has 0 N–H and O–H groups in total. The standard InChI is InChI=1S/C32H18F2O3S/c33-23-11-13-25-21(15-23)17-27(19-7-3-1-4-8-19)31-29(25)30-26-14-12-24(34)16-22(26)18-28(20-9-5-2-6-10-20)32(30)37-38(35)36-31/h1-18H. The van der Waals surface area contributed by atoms with Crippen molar-refractivity contribution in [2.75, 3.05) is 0 Å². The molecule has 1 aliphatic heterocycles. The van der Waals surface area contributed by atoms with Crippen molar-refractivity contribution in [3.05, 3.63) is 121 Å². The molecule has 1 heterocycles. The smallest absolute Gasteiger partial charge is 0.370 e. The van der Waals surface area contributed by atoms with E-state index in [2.05, 4.69) is 0 Å². The second-order valence-corrected chi connectivity index (χ2v) is 9.83. The van der Waals surface area contributed by atoms with Crippen molar-refractivity contribution in [3.63, 3.8) is 0 Å². The van der Waals surface area contributed by atoms with Gasteiger partial charge in [0.1, 0.15) is 11.6 Å². The highest BCUT2D eigenvalue weighted by molar-refractivity contribution is 7.76. The third kappa shape index (κ3) is 3.64. The van der Waals surface area contributed by atoms with E-state index in [0.717, 1.165) is 11.1 Å². The molecule has 0 saturated carbocycles. The molecule has 0 radical (unpaired) electrons. The van der Waals surface area contributed by atoms with Crippen molar-refractivity contribution >= 4 is 32.9 Å². The number of benzene rings is 6. The van der Waals surface area contributed by atoms with E-state index in [9.17, 15) is 13.0 Å². The van der Waals surface area contributed by atoms with Crippen molar-refractivity contribution in [2.45, 2.75) is 0 Å². The van der Waals surface area contributed by atoms with Crippen molar-refractivity contribution in [3.8, 4) is 44.9 Å². The van der Waals surface area contributed by atoms with Gasteiger partial charge in [0, 0.05) is 22.3 Å². The molecule has 0 aliphatic carbocycles. The second kappa shape index (κ2) is 8.78. The summed E-state index contributed by atoms with van der Waals surface area (Å²) < 4.78 is 54.3. The average molecular weight is 521 g/mol. The molecule has 6 aromatic carbocycles. The molecule has 0 bridgehead atoms. The van der Waals surface area contributed by atoms with Gasteiger partial charge in [-0.2, -0.15) is 4.21 Å². The summed E-state index contributed by atoms with van der Waals surface area (Å²) in [6.45, 7) is 0. The van der Waals surface area contributed by atoms with E-state index in [1.807, 2.05) is 72.8 Å². The van der Waals surface area contributed by atoms with E-state index in [1.54, 1.807) is 12.1 Å². The molecule has 0 saturated heterocycles. The Morgan fingerprint density at radius 3 is 1.37 bits per heavy atom. The highest BCUT2D eigenvalue weighted by Gasteiger charge is 2.31. The Hall–Kier alpha value is -4.55. The molecular weight excluding hydrogens is 502 g/mol. The van der Waals surface area contributed by atoms with Crippen LogP contribution in [0.3, 0.4) is 0 Å². The third-order valence-electron chi connectivity index (χ3n) is 6.83. The molecule has 0 unspecified atom stereocenters. The zero-order valence-electron chi connectivity index (χ0n) is 19.8. The fraction of sp³-hybridized carbons (Fsp3) is 0. The van der Waals surface area contributed by atoms with Gasteiger partial charge in [-0.05, 0) is 69.1 Å². The lowest BCUT2D eigenvalue weighted by Gasteiger charge is -2.18. The summed E-state index contributed by atoms with van der Waals surface area (Å²) in [5.74, 6) is -0.0570. The highest BCUT2D eigenvalue weighted by Crippen LogP contribution is 2.54. The summed E-state index contributed by atoms with van der Waals surface area (Å²) in [7, 11) is 0. The predicted molar refractivity (Wildman–Crippen MR) is 147 cm³/mol. The molecule has 0 aromatic heterocycles. The minimum atomic E-state index is -2.19. The van der Waals surface area contributed by atoms with Gasteiger partial charge in [0.15, 0.2) is 11.5 Å². The van der Waals surface area contributed by atoms with Crippen LogP contribution in [0.25, 0.3) is 54.9 Å². The maximum absolute atomic E-state index is 14.5. The average Bonchev–Trinajstić information content (AvgIpc) is 3.09. The van der Waals surface area contributed by atoms with Crippen molar-refractivity contribution < 1.29 is 21.4 Å². The molecule has 1 aliphatic rings. The number of hydrogen-bond acceptors (Lipinski definition) is 3. The molecule has 0 spiro atoms. The molecule has 6 aromatic rings. The molecule has 184 valence electrons. The maximum Gasteiger partial charge on any atom is 0.417 e. The third-order valence-corrected chi connectivity index (χ3v) is 7.44. The fourth-order valence-corrected chi connectivity index (χ4v) is 5.86. The number of halogens is 2. The first-order chi connectivity index (χ1) is 18.6. The first kappa shape index (κ1) is 22.6. The second-order valence-electron chi connectivity index (χ2n) is 9.09. The van der Waals surface area contributed by atoms with Crippen LogP contribution >= 0.6 is 0 Å². The van der Waals surface area contributed by atoms with Gasteiger partial charge < -0.3 is 8.37 Å². The van der Waals surface area contributed by atoms with Gasteiger partial charge in [-0.15, -0.1) is 0 Å². The molecule has 3 nitrogen and oxygen atoms in total. The molecule has 0 fully saturated rings. The number of fused-ring (bicyclic) bond motifs is 7. The van der Waals surface area contributed by atoms with E-state index < -0.39 is 11.4 Å². The Bertz CT molecular complexity index is 1770. The van der Waals surface area contributed by atoms with Crippen LogP contribution in [0, 0.1) is 11.6 Å². The maximum atomic E-state index is 14.5. The first-order valence-electron chi connectivity index (χ1n) is 12.0. The first-order valence-corrected chi connectivity index (χ1v) is 13.0. The largest absolute Gasteiger partial charge is 0.417 e. The van der Waals surface area contributed by atoms with E-state index in [4.69, 9.17) is 8.37 Å². The van der Waals surface area contributed by atoms with E-state index >= 15 is 0 Å². The Balaban J connectivity index is 1.71. The summed E-state index contributed by atoms with van der Waals surface area (Å²) in [5, 5.41) is 2.68. The van der Waals surface area contributed by atoms with Gasteiger partial charge >= 0.3 is 11.4 Å². The molecular formula is C32H18F2O3S. The van der Waals surface area contributed by atoms with Crippen LogP contribution < -0.4 is 8.37 Å². The zero-order valence-corrected chi connectivity index (χ0v) is 20.6. The summed E-state index contributed by atoms with van der Waals surface area (Å²) in [6.07, 6.45) is 0. The Labute approximate surface area is 219 Å². The molecule has 7 rings (SSSR count). The van der Waals surface area contributed by atoms with Crippen LogP contribution in [-0.2, 0) is 11.4 Å². The Morgan fingerprint density at radius 1 is 0.526 bits per heavy atom. The molecule has 6 heteroatoms. The van der Waals surface area contributed by atoms with Crippen molar-refractivity contribution in [1.29, 1.82) is 0 Å². The summed E-state index contributed by atoms with van der Waals surface area (Å²) in [6, 6.07) is 31.7. The van der Waals surface area contributed by atoms with Gasteiger partial charge in [-0.3, -0.25) is 0 Å². The van der Waals surface area contributed by atoms with Gasteiger partial charge in [0.05, 0.1) is 0 Å². The van der Waals surface area contributed by atoms with Gasteiger partial charge in [-0.25, -0.2) is 8.78 Å². The van der Waals surface area contributed by atoms with Gasteiger partial charge in [0.25, 0.3) is 0 Å². The van der Waals surface area contributed by atoms with Gasteiger partial charge in [-0.1, -0.05) is 72.8 Å². The minimum absolute atomic E-state index is 0.350. The summed E-state index contributed by atoms with van der Waals surface area (Å²) >= 11 is -2.19. The van der Waals surface area contributed by atoms with Crippen molar-refractivity contribution in [1.82, 2.24) is 0 Å². The SMILES string of the molecule is O=S1Oc2c(-c3ccccc3)cc3cc(F)ccc3c2-c2c(c(-c3ccccc3)cc3cc(F)ccc23)O1. The van der Waals surface area contributed by atoms with E-state index in [1.165, 1.54) is 24.3 Å². The highest BCUT2D eigenvalue weighted by atomic mass is 32.2. The summed E-state index contributed by atoms with van der Waals surface area (Å²) in [5.41, 5.74) is 4.12. The molecule has 38 heavy (non-hydrogen) atoms. The van der Waals surface area contributed by atoms with Gasteiger partial charge in [0.2, 0.25) is 0 Å². The molecule has 0 atom stereocenters. The fourth-order valence-electron chi connectivity index (χ4n) is 5.20. The monoisotopic (exact) mass is 520 g/mol. The Morgan fingerprint density at radius 2 is 0.947 bits per heavy atom. The topological polar surface area (TPSA) is 35.5 Å². The Kier molecular flexibility index (Phi) is 5.23. The van der Waals surface area contributed by atoms with E-state index in [0.29, 0.717) is 55.3 Å². The minimum Gasteiger partial charge on any atom is -0.370 e. The van der Waals surface area contributed by atoms with Crippen LogP contribution in [0.2, 0.25) is 0 Å². The quantitative estimate of drug-likeness (QED) is 0.229. The predicted octanol–water partition coefficient (Wildman–Crippen LogP) is 8.62. The van der Waals surface area contributed by atoms with Crippen LogP contribution in [-0.4, -0.2) is 4.21 Å². The van der Waals surface area contributed by atoms with Crippen LogP contribution in [0.4, 0.5) is 8.78 Å². The molecule has 0 amide bonds. The van der Waals surface area contributed by atoms with Crippen LogP contribution in [0.15, 0.2) is 109 Å². The zero-order chi connectivity index (χ0) is 25.8. The van der Waals surface area contributed by atoms with Crippen LogP contribution in [0.5, 0.6) is 11.5 Å². The lowest BCUT2D eigenvalue weighted by Crippen LogP contribution is -2.07. The van der Waals surface area contributed by atoms with Crippen LogP contribution in [0.1, 0.15) is 0 Å². The lowest BCUT2D eigenvalue weighted by molar-refractivity contribution is 0.470. The lowest BCUT2D eigenvalue weighted by atomic mass is 9.86. The normalized spacial score (nSPS) is 12.9. The number of rotatable bonds is 2.